The first kappa shape index (κ1) is 18.2. The Morgan fingerprint density at radius 2 is 1.85 bits per heavy atom. The average molecular weight is 364 g/mol. The lowest BCUT2D eigenvalue weighted by Crippen LogP contribution is -2.44. The van der Waals surface area contributed by atoms with Gasteiger partial charge in [-0.15, -0.1) is 0 Å². The monoisotopic (exact) mass is 364 g/mol. The van der Waals surface area contributed by atoms with Gasteiger partial charge in [0.25, 0.3) is 5.91 Å². The number of piperazine rings is 1. The Labute approximate surface area is 149 Å². The van der Waals surface area contributed by atoms with E-state index in [0.29, 0.717) is 5.56 Å². The van der Waals surface area contributed by atoms with Gasteiger partial charge in [0.05, 0.1) is 11.1 Å². The minimum atomic E-state index is -4.45. The molecule has 0 aliphatic carbocycles. The van der Waals surface area contributed by atoms with Gasteiger partial charge in [0.1, 0.15) is 5.82 Å². The fraction of sp³-hybridized carbons (Fsp3) is 0.333. The molecule has 0 radical (unpaired) electrons. The van der Waals surface area contributed by atoms with Crippen LogP contribution in [0.15, 0.2) is 42.6 Å². The van der Waals surface area contributed by atoms with E-state index in [9.17, 15) is 18.0 Å². The molecular formula is C18H19F3N4O. The van der Waals surface area contributed by atoms with Gasteiger partial charge in [0, 0.05) is 38.1 Å². The van der Waals surface area contributed by atoms with E-state index in [1.165, 1.54) is 18.3 Å². The van der Waals surface area contributed by atoms with E-state index >= 15 is 0 Å². The van der Waals surface area contributed by atoms with E-state index in [4.69, 9.17) is 0 Å². The van der Waals surface area contributed by atoms with Crippen LogP contribution < -0.4 is 10.2 Å². The van der Waals surface area contributed by atoms with Crippen LogP contribution in [0.3, 0.4) is 0 Å². The first-order valence-electron chi connectivity index (χ1n) is 8.21. The number of likely N-dealkylation sites (N-methyl/N-ethyl adjacent to an activating group) is 1. The van der Waals surface area contributed by atoms with Gasteiger partial charge < -0.3 is 15.1 Å². The van der Waals surface area contributed by atoms with Gasteiger partial charge in [0.2, 0.25) is 0 Å². The highest BCUT2D eigenvalue weighted by Crippen LogP contribution is 2.30. The number of nitrogens with zero attached hydrogens (tertiary/aromatic N) is 3. The highest BCUT2D eigenvalue weighted by atomic mass is 19.4. The SMILES string of the molecule is CN1CCN(c2ccc(C(=O)Nc3cccc(C(F)(F)F)c3)cn2)CC1. The Morgan fingerprint density at radius 3 is 2.46 bits per heavy atom. The molecule has 0 atom stereocenters. The van der Waals surface area contributed by atoms with E-state index in [1.807, 2.05) is 0 Å². The van der Waals surface area contributed by atoms with Crippen molar-refractivity contribution in [3.63, 3.8) is 0 Å². The Balaban J connectivity index is 1.67. The average Bonchev–Trinajstić information content (AvgIpc) is 2.62. The van der Waals surface area contributed by atoms with Gasteiger partial charge >= 0.3 is 6.18 Å². The van der Waals surface area contributed by atoms with Crippen LogP contribution >= 0.6 is 0 Å². The Bertz CT molecular complexity index is 769. The molecule has 0 saturated carbocycles. The number of pyridine rings is 1. The highest BCUT2D eigenvalue weighted by molar-refractivity contribution is 6.04. The third-order valence-electron chi connectivity index (χ3n) is 4.29. The van der Waals surface area contributed by atoms with Crippen molar-refractivity contribution in [2.24, 2.45) is 0 Å². The number of nitrogens with one attached hydrogen (secondary N) is 1. The number of carbonyl (C=O) groups is 1. The smallest absolute Gasteiger partial charge is 0.354 e. The number of anilines is 2. The molecule has 0 unspecified atom stereocenters. The second-order valence-electron chi connectivity index (χ2n) is 6.23. The summed E-state index contributed by atoms with van der Waals surface area (Å²) in [4.78, 5) is 20.9. The molecule has 3 rings (SSSR count). The molecule has 1 amide bonds. The second kappa shape index (κ2) is 7.33. The van der Waals surface area contributed by atoms with E-state index < -0.39 is 17.6 Å². The minimum absolute atomic E-state index is 0.0907. The van der Waals surface area contributed by atoms with Crippen LogP contribution in [0.1, 0.15) is 15.9 Å². The summed E-state index contributed by atoms with van der Waals surface area (Å²) >= 11 is 0. The number of halogens is 3. The van der Waals surface area contributed by atoms with Crippen molar-refractivity contribution in [2.75, 3.05) is 43.4 Å². The van der Waals surface area contributed by atoms with Crippen molar-refractivity contribution in [2.45, 2.75) is 6.18 Å². The summed E-state index contributed by atoms with van der Waals surface area (Å²) in [5.41, 5.74) is -0.424. The van der Waals surface area contributed by atoms with E-state index in [-0.39, 0.29) is 5.69 Å². The van der Waals surface area contributed by atoms with Crippen molar-refractivity contribution in [1.82, 2.24) is 9.88 Å². The lowest BCUT2D eigenvalue weighted by Gasteiger charge is -2.33. The molecule has 1 fully saturated rings. The van der Waals surface area contributed by atoms with Crippen LogP contribution in [0, 0.1) is 0 Å². The third-order valence-corrected chi connectivity index (χ3v) is 4.29. The highest BCUT2D eigenvalue weighted by Gasteiger charge is 2.30. The number of carbonyl (C=O) groups excluding carboxylic acids is 1. The van der Waals surface area contributed by atoms with Crippen molar-refractivity contribution in [3.05, 3.63) is 53.7 Å². The largest absolute Gasteiger partial charge is 0.416 e. The van der Waals surface area contributed by atoms with Crippen molar-refractivity contribution in [3.8, 4) is 0 Å². The molecule has 5 nitrogen and oxygen atoms in total. The van der Waals surface area contributed by atoms with E-state index in [2.05, 4.69) is 27.1 Å². The first-order chi connectivity index (χ1) is 12.3. The number of alkyl halides is 3. The molecule has 1 N–H and O–H groups in total. The first-order valence-corrected chi connectivity index (χ1v) is 8.21. The number of hydrogen-bond acceptors (Lipinski definition) is 4. The summed E-state index contributed by atoms with van der Waals surface area (Å²) in [6.45, 7) is 3.61. The fourth-order valence-corrected chi connectivity index (χ4v) is 2.72. The number of aromatic nitrogens is 1. The molecule has 0 bridgehead atoms. The van der Waals surface area contributed by atoms with E-state index in [1.54, 1.807) is 12.1 Å². The Hall–Kier alpha value is -2.61. The molecule has 1 aromatic heterocycles. The van der Waals surface area contributed by atoms with Crippen molar-refractivity contribution in [1.29, 1.82) is 0 Å². The van der Waals surface area contributed by atoms with Crippen LogP contribution in [0.5, 0.6) is 0 Å². The maximum absolute atomic E-state index is 12.7. The normalized spacial score (nSPS) is 15.8. The zero-order valence-electron chi connectivity index (χ0n) is 14.3. The number of rotatable bonds is 3. The zero-order chi connectivity index (χ0) is 18.7. The molecule has 1 aliphatic rings. The molecule has 0 spiro atoms. The fourth-order valence-electron chi connectivity index (χ4n) is 2.72. The van der Waals surface area contributed by atoms with Crippen molar-refractivity contribution < 1.29 is 18.0 Å². The van der Waals surface area contributed by atoms with Crippen LogP contribution in [-0.4, -0.2) is 49.0 Å². The lowest BCUT2D eigenvalue weighted by atomic mass is 10.2. The van der Waals surface area contributed by atoms with Gasteiger partial charge in [-0.1, -0.05) is 6.07 Å². The van der Waals surface area contributed by atoms with Crippen LogP contribution in [0.25, 0.3) is 0 Å². The summed E-state index contributed by atoms with van der Waals surface area (Å²) in [7, 11) is 2.06. The molecule has 1 aliphatic heterocycles. The van der Waals surface area contributed by atoms with Crippen LogP contribution in [0.4, 0.5) is 24.7 Å². The number of hydrogen-bond donors (Lipinski definition) is 1. The minimum Gasteiger partial charge on any atom is -0.354 e. The molecule has 2 aromatic rings. The molecule has 26 heavy (non-hydrogen) atoms. The lowest BCUT2D eigenvalue weighted by molar-refractivity contribution is -0.137. The van der Waals surface area contributed by atoms with E-state index in [0.717, 1.165) is 44.1 Å². The zero-order valence-corrected chi connectivity index (χ0v) is 14.3. The standard InChI is InChI=1S/C18H19F3N4O/c1-24-7-9-25(10-8-24)16-6-5-13(12-22-16)17(26)23-15-4-2-3-14(11-15)18(19,20)21/h2-6,11-12H,7-10H2,1H3,(H,23,26). The molecule has 8 heteroatoms. The van der Waals surface area contributed by atoms with Gasteiger partial charge in [-0.2, -0.15) is 13.2 Å². The summed E-state index contributed by atoms with van der Waals surface area (Å²) in [5, 5.41) is 2.48. The molecule has 2 heterocycles. The van der Waals surface area contributed by atoms with Gasteiger partial charge in [-0.05, 0) is 37.4 Å². The molecule has 138 valence electrons. The van der Waals surface area contributed by atoms with Gasteiger partial charge in [0.15, 0.2) is 0 Å². The quantitative estimate of drug-likeness (QED) is 0.909. The summed E-state index contributed by atoms with van der Waals surface area (Å²) in [5.74, 6) is 0.287. The molecular weight excluding hydrogens is 345 g/mol. The second-order valence-corrected chi connectivity index (χ2v) is 6.23. The molecule has 1 aromatic carbocycles. The predicted octanol–water partition coefficient (Wildman–Crippen LogP) is 3.10. The number of amides is 1. The Morgan fingerprint density at radius 1 is 1.12 bits per heavy atom. The Kier molecular flexibility index (Phi) is 5.13. The van der Waals surface area contributed by atoms with Gasteiger partial charge in [-0.25, -0.2) is 4.98 Å². The van der Waals surface area contributed by atoms with Crippen LogP contribution in [-0.2, 0) is 6.18 Å². The summed E-state index contributed by atoms with van der Waals surface area (Å²) in [6.07, 6.45) is -3.01. The number of benzene rings is 1. The predicted molar refractivity (Wildman–Crippen MR) is 93.3 cm³/mol. The maximum Gasteiger partial charge on any atom is 0.416 e. The van der Waals surface area contributed by atoms with Crippen LogP contribution in [0.2, 0.25) is 0 Å². The topological polar surface area (TPSA) is 48.5 Å². The van der Waals surface area contributed by atoms with Gasteiger partial charge in [-0.3, -0.25) is 4.79 Å². The van der Waals surface area contributed by atoms with Crippen molar-refractivity contribution >= 4 is 17.4 Å². The third kappa shape index (κ3) is 4.32. The molecule has 1 saturated heterocycles. The maximum atomic E-state index is 12.7. The summed E-state index contributed by atoms with van der Waals surface area (Å²) < 4.78 is 38.2. The summed E-state index contributed by atoms with van der Waals surface area (Å²) in [6, 6.07) is 7.92.